The van der Waals surface area contributed by atoms with Crippen LogP contribution < -0.4 is 0 Å². The average molecular weight is 385 g/mol. The van der Waals surface area contributed by atoms with Crippen LogP contribution in [0.3, 0.4) is 0 Å². The Hall–Kier alpha value is -2.83. The first-order valence-corrected chi connectivity index (χ1v) is 9.07. The highest BCUT2D eigenvalue weighted by molar-refractivity contribution is 7.85. The molecule has 3 rings (SSSR count). The summed E-state index contributed by atoms with van der Waals surface area (Å²) in [5.74, 6) is -1.30. The number of hydrogen-bond donors (Lipinski definition) is 3. The first kappa shape index (κ1) is 18.5. The molecular formula is C13H11N3O7S2. The summed E-state index contributed by atoms with van der Waals surface area (Å²) >= 11 is 1.08. The summed E-state index contributed by atoms with van der Waals surface area (Å²) in [4.78, 5) is 18.4. The zero-order valence-electron chi connectivity index (χ0n) is 12.5. The fraction of sp³-hybridized carbons (Fsp3) is 0.0769. The Bertz CT molecular complexity index is 1020. The minimum atomic E-state index is -3.67. The molecule has 2 heterocycles. The Balaban J connectivity index is 0.000000399. The van der Waals surface area contributed by atoms with Crippen molar-refractivity contribution in [3.8, 4) is 22.1 Å². The normalized spacial score (nSPS) is 11.0. The molecule has 0 aliphatic carbocycles. The average Bonchev–Trinajstić information content (AvgIpc) is 2.90. The molecule has 132 valence electrons. The molecule has 0 amide bonds. The van der Waals surface area contributed by atoms with Gasteiger partial charge in [0, 0.05) is 24.0 Å². The van der Waals surface area contributed by atoms with Crippen LogP contribution in [0, 0.1) is 10.1 Å². The molecule has 0 bridgehead atoms. The van der Waals surface area contributed by atoms with E-state index in [0.717, 1.165) is 16.9 Å². The zero-order valence-corrected chi connectivity index (χ0v) is 14.2. The van der Waals surface area contributed by atoms with Crippen molar-refractivity contribution in [3.05, 3.63) is 40.7 Å². The second-order valence-corrected chi connectivity index (χ2v) is 7.15. The smallest absolute Gasteiger partial charge is 0.333 e. The van der Waals surface area contributed by atoms with Gasteiger partial charge in [0.15, 0.2) is 5.75 Å². The second-order valence-electron chi connectivity index (χ2n) is 4.69. The highest BCUT2D eigenvalue weighted by Crippen LogP contribution is 2.45. The fourth-order valence-electron chi connectivity index (χ4n) is 1.81. The lowest BCUT2D eigenvalue weighted by molar-refractivity contribution is -0.383. The largest absolute Gasteiger partial charge is 0.504 e. The summed E-state index contributed by atoms with van der Waals surface area (Å²) in [6.45, 7) is 0. The topological polar surface area (TPSA) is 164 Å². The number of thiazole rings is 1. The fourth-order valence-corrected chi connectivity index (χ4v) is 2.88. The number of nitro benzene ring substituents is 1. The molecule has 0 atom stereocenters. The quantitative estimate of drug-likeness (QED) is 0.259. The van der Waals surface area contributed by atoms with E-state index in [-0.39, 0.29) is 10.2 Å². The molecule has 1 aromatic carbocycles. The van der Waals surface area contributed by atoms with Crippen molar-refractivity contribution >= 4 is 37.4 Å². The Kier molecular flexibility index (Phi) is 5.15. The molecule has 0 aliphatic heterocycles. The second kappa shape index (κ2) is 6.96. The molecular weight excluding hydrogens is 374 g/mol. The molecule has 12 heteroatoms. The molecule has 0 aliphatic rings. The number of fused-ring (bicyclic) bond motifs is 1. The van der Waals surface area contributed by atoms with E-state index in [4.69, 9.17) is 4.55 Å². The SMILES string of the molecule is CS(=O)(=O)O.O=[N+]([O-])c1c(O)c(O)cc2nc(-c3ccncc3)sc12. The molecule has 2 aromatic heterocycles. The van der Waals surface area contributed by atoms with Gasteiger partial charge in [0.1, 0.15) is 9.71 Å². The molecule has 0 saturated carbocycles. The molecule has 25 heavy (non-hydrogen) atoms. The van der Waals surface area contributed by atoms with Crippen LogP contribution in [0.1, 0.15) is 0 Å². The predicted octanol–water partition coefficient (Wildman–Crippen LogP) is 2.18. The summed E-state index contributed by atoms with van der Waals surface area (Å²) in [6, 6.07) is 4.66. The Labute approximate surface area is 144 Å². The third-order valence-electron chi connectivity index (χ3n) is 2.72. The predicted molar refractivity (Wildman–Crippen MR) is 90.3 cm³/mol. The lowest BCUT2D eigenvalue weighted by Crippen LogP contribution is -1.89. The number of rotatable bonds is 2. The van der Waals surface area contributed by atoms with Crippen molar-refractivity contribution in [2.75, 3.05) is 6.26 Å². The van der Waals surface area contributed by atoms with Gasteiger partial charge in [-0.15, -0.1) is 11.3 Å². The van der Waals surface area contributed by atoms with Crippen molar-refractivity contribution < 1.29 is 28.1 Å². The number of hydrogen-bond acceptors (Lipinski definition) is 9. The van der Waals surface area contributed by atoms with Gasteiger partial charge >= 0.3 is 5.69 Å². The summed E-state index contributed by atoms with van der Waals surface area (Å²) in [5.41, 5.74) is 0.496. The lowest BCUT2D eigenvalue weighted by atomic mass is 10.2. The Morgan fingerprint density at radius 1 is 1.24 bits per heavy atom. The van der Waals surface area contributed by atoms with Crippen LogP contribution in [0.2, 0.25) is 0 Å². The van der Waals surface area contributed by atoms with Crippen LogP contribution >= 0.6 is 11.3 Å². The van der Waals surface area contributed by atoms with Crippen molar-refractivity contribution in [1.29, 1.82) is 0 Å². The van der Waals surface area contributed by atoms with Crippen LogP contribution in [0.5, 0.6) is 11.5 Å². The number of phenolic OH excluding ortho intramolecular Hbond substituents is 2. The number of aromatic hydroxyl groups is 2. The molecule has 0 radical (unpaired) electrons. The van der Waals surface area contributed by atoms with E-state index in [1.54, 1.807) is 24.5 Å². The third kappa shape index (κ3) is 4.59. The van der Waals surface area contributed by atoms with E-state index in [1.165, 1.54) is 6.07 Å². The van der Waals surface area contributed by atoms with Gasteiger partial charge in [0.25, 0.3) is 10.1 Å². The Morgan fingerprint density at radius 2 is 1.80 bits per heavy atom. The van der Waals surface area contributed by atoms with Gasteiger partial charge in [-0.2, -0.15) is 8.42 Å². The van der Waals surface area contributed by atoms with Crippen LogP contribution in [0.25, 0.3) is 20.8 Å². The van der Waals surface area contributed by atoms with Gasteiger partial charge in [-0.25, -0.2) is 4.98 Å². The molecule has 0 fully saturated rings. The monoisotopic (exact) mass is 385 g/mol. The maximum absolute atomic E-state index is 11.0. The maximum Gasteiger partial charge on any atom is 0.333 e. The van der Waals surface area contributed by atoms with E-state index in [2.05, 4.69) is 9.97 Å². The van der Waals surface area contributed by atoms with Gasteiger partial charge < -0.3 is 10.2 Å². The van der Waals surface area contributed by atoms with Crippen LogP contribution in [0.4, 0.5) is 5.69 Å². The highest BCUT2D eigenvalue weighted by atomic mass is 32.2. The highest BCUT2D eigenvalue weighted by Gasteiger charge is 2.25. The van der Waals surface area contributed by atoms with Crippen molar-refractivity contribution in [1.82, 2.24) is 9.97 Å². The zero-order chi connectivity index (χ0) is 18.8. The van der Waals surface area contributed by atoms with Crippen molar-refractivity contribution in [3.63, 3.8) is 0 Å². The van der Waals surface area contributed by atoms with Crippen molar-refractivity contribution in [2.24, 2.45) is 0 Å². The Morgan fingerprint density at radius 3 is 2.32 bits per heavy atom. The van der Waals surface area contributed by atoms with Crippen LogP contribution in [0.15, 0.2) is 30.6 Å². The van der Waals surface area contributed by atoms with Gasteiger partial charge in [-0.3, -0.25) is 19.7 Å². The standard InChI is InChI=1S/C12H7N3O4S.CH4O3S/c16-8-5-7-11(9(10(8)17)15(18)19)20-12(14-7)6-1-3-13-4-2-6;1-5(2,3)4/h1-5,16-17H;1H3,(H,2,3,4). The number of aromatic nitrogens is 2. The number of benzene rings is 1. The van der Waals surface area contributed by atoms with Gasteiger partial charge in [0.2, 0.25) is 5.75 Å². The minimum Gasteiger partial charge on any atom is -0.504 e. The van der Waals surface area contributed by atoms with Crippen LogP contribution in [-0.2, 0) is 10.1 Å². The maximum atomic E-state index is 11.0. The molecule has 3 aromatic rings. The first-order chi connectivity index (χ1) is 11.6. The summed E-state index contributed by atoms with van der Waals surface area (Å²) in [5, 5.41) is 30.7. The summed E-state index contributed by atoms with van der Waals surface area (Å²) in [6.07, 6.45) is 3.89. The first-order valence-electron chi connectivity index (χ1n) is 6.40. The third-order valence-corrected chi connectivity index (χ3v) is 3.85. The summed E-state index contributed by atoms with van der Waals surface area (Å²) in [7, 11) is -3.67. The van der Waals surface area contributed by atoms with E-state index in [1.807, 2.05) is 0 Å². The van der Waals surface area contributed by atoms with E-state index < -0.39 is 32.2 Å². The molecule has 3 N–H and O–H groups in total. The van der Waals surface area contributed by atoms with E-state index in [0.29, 0.717) is 11.3 Å². The summed E-state index contributed by atoms with van der Waals surface area (Å²) < 4.78 is 26.1. The molecule has 0 unspecified atom stereocenters. The molecule has 0 saturated heterocycles. The molecule has 10 nitrogen and oxygen atoms in total. The minimum absolute atomic E-state index is 0.220. The van der Waals surface area contributed by atoms with Crippen LogP contribution in [-0.4, -0.2) is 44.3 Å². The number of nitrogens with zero attached hydrogens (tertiary/aromatic N) is 3. The van der Waals surface area contributed by atoms with Gasteiger partial charge in [-0.1, -0.05) is 0 Å². The lowest BCUT2D eigenvalue weighted by Gasteiger charge is -1.98. The van der Waals surface area contributed by atoms with E-state index in [9.17, 15) is 28.7 Å². The number of nitro groups is 1. The number of phenols is 2. The van der Waals surface area contributed by atoms with Crippen molar-refractivity contribution in [2.45, 2.75) is 0 Å². The molecule has 0 spiro atoms. The van der Waals surface area contributed by atoms with Gasteiger partial charge in [-0.05, 0) is 12.1 Å². The van der Waals surface area contributed by atoms with Gasteiger partial charge in [0.05, 0.1) is 16.7 Å². The van der Waals surface area contributed by atoms with E-state index >= 15 is 0 Å². The number of pyridine rings is 1.